The van der Waals surface area contributed by atoms with Gasteiger partial charge in [0.15, 0.2) is 0 Å². The van der Waals surface area contributed by atoms with Gasteiger partial charge in [0, 0.05) is 12.1 Å². The molecule has 2 rings (SSSR count). The summed E-state index contributed by atoms with van der Waals surface area (Å²) in [6.07, 6.45) is 5.92. The van der Waals surface area contributed by atoms with Crippen molar-refractivity contribution in [2.24, 2.45) is 11.1 Å². The second-order valence-electron chi connectivity index (χ2n) is 6.07. The maximum Gasteiger partial charge on any atom is 0.224 e. The highest BCUT2D eigenvalue weighted by Crippen LogP contribution is 2.38. The molecule has 3 nitrogen and oxygen atoms in total. The van der Waals surface area contributed by atoms with E-state index in [0.29, 0.717) is 23.1 Å². The molecule has 1 fully saturated rings. The molecule has 1 aliphatic carbocycles. The number of hydrogen-bond donors (Lipinski definition) is 2. The summed E-state index contributed by atoms with van der Waals surface area (Å²) in [7, 11) is 0. The van der Waals surface area contributed by atoms with E-state index < -0.39 is 0 Å². The number of carbonyl (C=O) groups is 1. The number of nitrogens with one attached hydrogen (secondary N) is 1. The highest BCUT2D eigenvalue weighted by atomic mass is 79.9. The number of rotatable bonds is 4. The number of carbonyl (C=O) groups excluding carboxylic acids is 1. The summed E-state index contributed by atoms with van der Waals surface area (Å²) in [5.74, 6) is -0.450. The van der Waals surface area contributed by atoms with Crippen LogP contribution in [0.4, 0.5) is 10.1 Å². The average Bonchev–Trinajstić information content (AvgIpc) is 2.45. The lowest BCUT2D eigenvalue weighted by molar-refractivity contribution is -0.118. The Balaban J connectivity index is 2.06. The number of hydrogen-bond acceptors (Lipinski definition) is 2. The lowest BCUT2D eigenvalue weighted by atomic mass is 9.71. The zero-order chi connectivity index (χ0) is 15.5. The third-order valence-corrected chi connectivity index (χ3v) is 5.03. The minimum absolute atomic E-state index is 0.0767. The molecule has 1 aliphatic rings. The van der Waals surface area contributed by atoms with Crippen LogP contribution >= 0.6 is 15.9 Å². The summed E-state index contributed by atoms with van der Waals surface area (Å²) in [6, 6.07) is 3.03. The molecule has 3 N–H and O–H groups in total. The Kier molecular flexibility index (Phi) is 5.38. The predicted molar refractivity (Wildman–Crippen MR) is 86.7 cm³/mol. The highest BCUT2D eigenvalue weighted by Gasteiger charge is 2.33. The number of nitrogens with two attached hydrogens (primary N) is 1. The molecule has 0 unspecified atom stereocenters. The number of benzene rings is 1. The van der Waals surface area contributed by atoms with E-state index in [1.165, 1.54) is 12.5 Å². The van der Waals surface area contributed by atoms with Crippen LogP contribution in [0.2, 0.25) is 0 Å². The van der Waals surface area contributed by atoms with E-state index in [9.17, 15) is 9.18 Å². The van der Waals surface area contributed by atoms with Crippen molar-refractivity contribution in [1.29, 1.82) is 0 Å². The first-order valence-electron chi connectivity index (χ1n) is 7.41. The average molecular weight is 357 g/mol. The zero-order valence-corrected chi connectivity index (χ0v) is 13.9. The fourth-order valence-electron chi connectivity index (χ4n) is 3.07. The van der Waals surface area contributed by atoms with E-state index >= 15 is 0 Å². The van der Waals surface area contributed by atoms with Gasteiger partial charge >= 0.3 is 0 Å². The highest BCUT2D eigenvalue weighted by molar-refractivity contribution is 9.10. The summed E-state index contributed by atoms with van der Waals surface area (Å²) in [6.45, 7) is 2.38. The zero-order valence-electron chi connectivity index (χ0n) is 12.3. The van der Waals surface area contributed by atoms with Gasteiger partial charge < -0.3 is 11.1 Å². The van der Waals surface area contributed by atoms with Crippen LogP contribution in [0.15, 0.2) is 16.6 Å². The molecule has 0 heterocycles. The third kappa shape index (κ3) is 4.04. The van der Waals surface area contributed by atoms with Crippen molar-refractivity contribution in [3.8, 4) is 0 Å². The van der Waals surface area contributed by atoms with Gasteiger partial charge in [-0.1, -0.05) is 19.3 Å². The van der Waals surface area contributed by atoms with Crippen molar-refractivity contribution < 1.29 is 9.18 Å². The maximum absolute atomic E-state index is 13.6. The molecule has 1 aromatic rings. The van der Waals surface area contributed by atoms with Crippen molar-refractivity contribution >= 4 is 27.5 Å². The lowest BCUT2D eigenvalue weighted by Gasteiger charge is -2.35. The third-order valence-electron chi connectivity index (χ3n) is 4.42. The van der Waals surface area contributed by atoms with Crippen molar-refractivity contribution in [1.82, 2.24) is 0 Å². The largest absolute Gasteiger partial charge is 0.330 e. The maximum atomic E-state index is 13.6. The molecular weight excluding hydrogens is 335 g/mol. The van der Waals surface area contributed by atoms with Crippen molar-refractivity contribution in [3.63, 3.8) is 0 Å². The SMILES string of the molecule is Cc1cc(Br)c(F)cc1NC(=O)CC1(CN)CCCCC1. The number of aryl methyl sites for hydroxylation is 1. The molecule has 0 spiro atoms. The summed E-state index contributed by atoms with van der Waals surface area (Å²) in [4.78, 5) is 12.3. The number of anilines is 1. The van der Waals surface area contributed by atoms with Gasteiger partial charge in [0.1, 0.15) is 5.82 Å². The molecule has 21 heavy (non-hydrogen) atoms. The van der Waals surface area contributed by atoms with E-state index in [2.05, 4.69) is 21.2 Å². The molecule has 0 aliphatic heterocycles. The van der Waals surface area contributed by atoms with Gasteiger partial charge in [0.2, 0.25) is 5.91 Å². The van der Waals surface area contributed by atoms with Gasteiger partial charge in [0.05, 0.1) is 4.47 Å². The van der Waals surface area contributed by atoms with E-state index in [1.54, 1.807) is 6.07 Å². The van der Waals surface area contributed by atoms with Gasteiger partial charge in [-0.05, 0) is 65.4 Å². The van der Waals surface area contributed by atoms with Crippen LogP contribution in [0.1, 0.15) is 44.1 Å². The molecule has 0 atom stereocenters. The fraction of sp³-hybridized carbons (Fsp3) is 0.562. The topological polar surface area (TPSA) is 55.1 Å². The van der Waals surface area contributed by atoms with Gasteiger partial charge in [-0.15, -0.1) is 0 Å². The normalized spacial score (nSPS) is 17.5. The first-order valence-corrected chi connectivity index (χ1v) is 8.21. The minimum atomic E-state index is -0.373. The van der Waals surface area contributed by atoms with Crippen LogP contribution in [-0.4, -0.2) is 12.5 Å². The molecule has 0 aromatic heterocycles. The molecule has 116 valence electrons. The number of halogens is 2. The first-order chi connectivity index (χ1) is 9.96. The molecule has 1 amide bonds. The van der Waals surface area contributed by atoms with Crippen LogP contribution in [0, 0.1) is 18.2 Å². The second-order valence-corrected chi connectivity index (χ2v) is 6.93. The Morgan fingerprint density at radius 3 is 2.67 bits per heavy atom. The Morgan fingerprint density at radius 1 is 1.38 bits per heavy atom. The van der Waals surface area contributed by atoms with Gasteiger partial charge in [-0.25, -0.2) is 4.39 Å². The smallest absolute Gasteiger partial charge is 0.224 e. The summed E-state index contributed by atoms with van der Waals surface area (Å²) in [5.41, 5.74) is 7.19. The molecule has 0 saturated heterocycles. The van der Waals surface area contributed by atoms with E-state index in [0.717, 1.165) is 31.2 Å². The van der Waals surface area contributed by atoms with E-state index in [1.807, 2.05) is 6.92 Å². The monoisotopic (exact) mass is 356 g/mol. The molecular formula is C16H22BrFN2O. The van der Waals surface area contributed by atoms with Gasteiger partial charge in [0.25, 0.3) is 0 Å². The van der Waals surface area contributed by atoms with E-state index in [-0.39, 0.29) is 17.1 Å². The van der Waals surface area contributed by atoms with Crippen LogP contribution in [0.5, 0.6) is 0 Å². The van der Waals surface area contributed by atoms with Gasteiger partial charge in [-0.3, -0.25) is 4.79 Å². The minimum Gasteiger partial charge on any atom is -0.330 e. The van der Waals surface area contributed by atoms with Crippen LogP contribution in [0.3, 0.4) is 0 Å². The van der Waals surface area contributed by atoms with Crippen LogP contribution in [0.25, 0.3) is 0 Å². The van der Waals surface area contributed by atoms with Crippen molar-refractivity contribution in [2.45, 2.75) is 45.4 Å². The van der Waals surface area contributed by atoms with Crippen LogP contribution < -0.4 is 11.1 Å². The standard InChI is InChI=1S/C16H22BrFN2O/c1-11-7-12(17)13(18)8-14(11)20-15(21)9-16(10-19)5-3-2-4-6-16/h7-8H,2-6,9-10,19H2,1H3,(H,20,21). The Morgan fingerprint density at radius 2 is 2.05 bits per heavy atom. The Bertz CT molecular complexity index is 527. The second kappa shape index (κ2) is 6.88. The lowest BCUT2D eigenvalue weighted by Crippen LogP contribution is -2.36. The predicted octanol–water partition coefficient (Wildman–Crippen LogP) is 4.13. The quantitative estimate of drug-likeness (QED) is 0.851. The molecule has 0 radical (unpaired) electrons. The fourth-order valence-corrected chi connectivity index (χ4v) is 3.53. The molecule has 1 saturated carbocycles. The Hall–Kier alpha value is -0.940. The molecule has 1 aromatic carbocycles. The van der Waals surface area contributed by atoms with Crippen molar-refractivity contribution in [2.75, 3.05) is 11.9 Å². The summed E-state index contributed by atoms with van der Waals surface area (Å²) >= 11 is 3.14. The first kappa shape index (κ1) is 16.4. The Labute approximate surface area is 133 Å². The molecule has 0 bridgehead atoms. The van der Waals surface area contributed by atoms with E-state index in [4.69, 9.17) is 5.73 Å². The van der Waals surface area contributed by atoms with Crippen LogP contribution in [-0.2, 0) is 4.79 Å². The summed E-state index contributed by atoms with van der Waals surface area (Å²) < 4.78 is 14.0. The molecule has 5 heteroatoms. The van der Waals surface area contributed by atoms with Crippen molar-refractivity contribution in [3.05, 3.63) is 28.0 Å². The number of amides is 1. The van der Waals surface area contributed by atoms with Gasteiger partial charge in [-0.2, -0.15) is 0 Å². The summed E-state index contributed by atoms with van der Waals surface area (Å²) in [5, 5.41) is 2.83.